The maximum atomic E-state index is 11.7. The molecule has 1 amide bonds. The minimum atomic E-state index is -0.0231. The van der Waals surface area contributed by atoms with E-state index in [4.69, 9.17) is 5.73 Å². The molecule has 1 aromatic heterocycles. The number of nitrogens with zero attached hydrogens (tertiary/aromatic N) is 2. The smallest absolute Gasteiger partial charge is 0.267 e. The lowest BCUT2D eigenvalue weighted by molar-refractivity contribution is 0.0778. The van der Waals surface area contributed by atoms with Crippen LogP contribution in [0.4, 0.5) is 5.82 Å². The summed E-state index contributed by atoms with van der Waals surface area (Å²) in [5.41, 5.74) is 7.13. The molecular formula is C8H13N3OS. The third-order valence-corrected chi connectivity index (χ3v) is 2.67. The predicted octanol–water partition coefficient (Wildman–Crippen LogP) is 1.21. The molecule has 1 rings (SSSR count). The molecule has 2 N–H and O–H groups in total. The number of rotatable bonds is 3. The first-order valence-electron chi connectivity index (χ1n) is 4.18. The highest BCUT2D eigenvalue weighted by atomic mass is 32.1. The van der Waals surface area contributed by atoms with E-state index in [2.05, 4.69) is 4.98 Å². The summed E-state index contributed by atoms with van der Waals surface area (Å²) in [6.07, 6.45) is 0. The van der Waals surface area contributed by atoms with Gasteiger partial charge >= 0.3 is 0 Å². The SMILES string of the molecule is CCN(CC)C(=O)c1scnc1N. The van der Waals surface area contributed by atoms with Gasteiger partial charge in [0.2, 0.25) is 0 Å². The molecule has 0 atom stereocenters. The van der Waals surface area contributed by atoms with Crippen molar-refractivity contribution < 1.29 is 4.79 Å². The summed E-state index contributed by atoms with van der Waals surface area (Å²) >= 11 is 1.29. The zero-order chi connectivity index (χ0) is 9.84. The molecule has 5 heteroatoms. The summed E-state index contributed by atoms with van der Waals surface area (Å²) in [5.74, 6) is 0.312. The Balaban J connectivity index is 2.84. The van der Waals surface area contributed by atoms with Crippen LogP contribution in [0.25, 0.3) is 0 Å². The molecule has 0 aliphatic carbocycles. The molecule has 0 bridgehead atoms. The molecule has 0 fully saturated rings. The Morgan fingerprint density at radius 2 is 2.23 bits per heavy atom. The van der Waals surface area contributed by atoms with Gasteiger partial charge in [-0.05, 0) is 13.8 Å². The first-order valence-corrected chi connectivity index (χ1v) is 5.06. The Kier molecular flexibility index (Phi) is 3.25. The second kappa shape index (κ2) is 4.23. The largest absolute Gasteiger partial charge is 0.382 e. The van der Waals surface area contributed by atoms with E-state index < -0.39 is 0 Å². The zero-order valence-electron chi connectivity index (χ0n) is 7.78. The van der Waals surface area contributed by atoms with Crippen molar-refractivity contribution in [3.63, 3.8) is 0 Å². The molecule has 0 saturated carbocycles. The zero-order valence-corrected chi connectivity index (χ0v) is 8.60. The Morgan fingerprint density at radius 1 is 1.62 bits per heavy atom. The lowest BCUT2D eigenvalue weighted by atomic mass is 10.4. The van der Waals surface area contributed by atoms with Crippen LogP contribution in [0.5, 0.6) is 0 Å². The molecule has 1 aromatic rings. The van der Waals surface area contributed by atoms with E-state index in [9.17, 15) is 4.79 Å². The normalized spacial score (nSPS) is 10.0. The summed E-state index contributed by atoms with van der Waals surface area (Å²) in [6, 6.07) is 0. The van der Waals surface area contributed by atoms with Crippen molar-refractivity contribution in [1.29, 1.82) is 0 Å². The molecule has 0 aliphatic heterocycles. The monoisotopic (exact) mass is 199 g/mol. The van der Waals surface area contributed by atoms with Gasteiger partial charge in [-0.25, -0.2) is 4.98 Å². The number of hydrogen-bond acceptors (Lipinski definition) is 4. The van der Waals surface area contributed by atoms with E-state index in [0.717, 1.165) is 0 Å². The number of thiazole rings is 1. The average Bonchev–Trinajstić information content (AvgIpc) is 2.53. The summed E-state index contributed by atoms with van der Waals surface area (Å²) in [7, 11) is 0. The highest BCUT2D eigenvalue weighted by Gasteiger charge is 2.17. The Hall–Kier alpha value is -1.10. The van der Waals surface area contributed by atoms with Crippen LogP contribution in [0, 0.1) is 0 Å². The highest BCUT2D eigenvalue weighted by molar-refractivity contribution is 7.12. The fraction of sp³-hybridized carbons (Fsp3) is 0.500. The molecular weight excluding hydrogens is 186 g/mol. The second-order valence-corrected chi connectivity index (χ2v) is 3.40. The van der Waals surface area contributed by atoms with Crippen molar-refractivity contribution in [2.45, 2.75) is 13.8 Å². The van der Waals surface area contributed by atoms with Gasteiger partial charge in [0.15, 0.2) is 0 Å². The predicted molar refractivity (Wildman–Crippen MR) is 53.8 cm³/mol. The summed E-state index contributed by atoms with van der Waals surface area (Å²) in [5, 5.41) is 0. The lowest BCUT2D eigenvalue weighted by Gasteiger charge is -2.17. The van der Waals surface area contributed by atoms with Crippen LogP contribution < -0.4 is 5.73 Å². The van der Waals surface area contributed by atoms with E-state index in [0.29, 0.717) is 23.8 Å². The van der Waals surface area contributed by atoms with Gasteiger partial charge in [-0.3, -0.25) is 4.79 Å². The molecule has 0 aliphatic rings. The second-order valence-electron chi connectivity index (χ2n) is 2.54. The van der Waals surface area contributed by atoms with E-state index in [1.54, 1.807) is 10.4 Å². The summed E-state index contributed by atoms with van der Waals surface area (Å²) < 4.78 is 0. The number of amides is 1. The molecule has 0 aromatic carbocycles. The van der Waals surface area contributed by atoms with Crippen molar-refractivity contribution in [2.24, 2.45) is 0 Å². The third-order valence-electron chi connectivity index (χ3n) is 1.84. The third kappa shape index (κ3) is 1.98. The topological polar surface area (TPSA) is 59.2 Å². The van der Waals surface area contributed by atoms with Crippen molar-refractivity contribution in [3.8, 4) is 0 Å². The molecule has 13 heavy (non-hydrogen) atoms. The molecule has 72 valence electrons. The first-order chi connectivity index (χ1) is 6.20. The Labute approximate surface area is 81.4 Å². The van der Waals surface area contributed by atoms with Gasteiger partial charge in [0.05, 0.1) is 5.51 Å². The minimum Gasteiger partial charge on any atom is -0.382 e. The average molecular weight is 199 g/mol. The van der Waals surface area contributed by atoms with E-state index in [1.807, 2.05) is 13.8 Å². The standard InChI is InChI=1S/C8H13N3OS/c1-3-11(4-2)8(12)6-7(9)10-5-13-6/h5H,3-4,9H2,1-2H3. The number of carbonyl (C=O) groups excluding carboxylic acids is 1. The van der Waals surface area contributed by atoms with Crippen molar-refractivity contribution in [1.82, 2.24) is 9.88 Å². The first kappa shape index (κ1) is 9.98. The van der Waals surface area contributed by atoms with Crippen LogP contribution in [-0.2, 0) is 0 Å². The number of nitrogens with two attached hydrogens (primary N) is 1. The van der Waals surface area contributed by atoms with Crippen LogP contribution in [0.15, 0.2) is 5.51 Å². The summed E-state index contributed by atoms with van der Waals surface area (Å²) in [6.45, 7) is 5.29. The van der Waals surface area contributed by atoms with E-state index in [-0.39, 0.29) is 5.91 Å². The number of anilines is 1. The number of nitrogen functional groups attached to an aromatic ring is 1. The maximum Gasteiger partial charge on any atom is 0.267 e. The van der Waals surface area contributed by atoms with Crippen LogP contribution in [0.1, 0.15) is 23.5 Å². The van der Waals surface area contributed by atoms with Crippen LogP contribution >= 0.6 is 11.3 Å². The van der Waals surface area contributed by atoms with Crippen molar-refractivity contribution in [2.75, 3.05) is 18.8 Å². The van der Waals surface area contributed by atoms with Crippen LogP contribution in [0.2, 0.25) is 0 Å². The molecule has 1 heterocycles. The molecule has 0 radical (unpaired) electrons. The van der Waals surface area contributed by atoms with E-state index >= 15 is 0 Å². The number of aromatic nitrogens is 1. The van der Waals surface area contributed by atoms with Gasteiger partial charge in [-0.1, -0.05) is 0 Å². The van der Waals surface area contributed by atoms with Crippen molar-refractivity contribution >= 4 is 23.1 Å². The van der Waals surface area contributed by atoms with Crippen molar-refractivity contribution in [3.05, 3.63) is 10.4 Å². The van der Waals surface area contributed by atoms with Gasteiger partial charge in [0, 0.05) is 13.1 Å². The molecule has 0 saturated heterocycles. The fourth-order valence-electron chi connectivity index (χ4n) is 1.07. The minimum absolute atomic E-state index is 0.0231. The number of carbonyl (C=O) groups is 1. The van der Waals surface area contributed by atoms with Gasteiger partial charge in [-0.15, -0.1) is 11.3 Å². The fourth-order valence-corrected chi connectivity index (χ4v) is 1.74. The highest BCUT2D eigenvalue weighted by Crippen LogP contribution is 2.17. The maximum absolute atomic E-state index is 11.7. The van der Waals surface area contributed by atoms with Gasteiger partial charge in [0.25, 0.3) is 5.91 Å². The van der Waals surface area contributed by atoms with Crippen LogP contribution in [0.3, 0.4) is 0 Å². The van der Waals surface area contributed by atoms with Gasteiger partial charge < -0.3 is 10.6 Å². The lowest BCUT2D eigenvalue weighted by Crippen LogP contribution is -2.30. The number of hydrogen-bond donors (Lipinski definition) is 1. The Bertz CT molecular complexity index is 293. The van der Waals surface area contributed by atoms with Gasteiger partial charge in [-0.2, -0.15) is 0 Å². The van der Waals surface area contributed by atoms with Gasteiger partial charge in [0.1, 0.15) is 10.7 Å². The molecule has 0 unspecified atom stereocenters. The quantitative estimate of drug-likeness (QED) is 0.796. The molecule has 0 spiro atoms. The van der Waals surface area contributed by atoms with Crippen LogP contribution in [-0.4, -0.2) is 28.9 Å². The Morgan fingerprint density at radius 3 is 2.62 bits per heavy atom. The van der Waals surface area contributed by atoms with E-state index in [1.165, 1.54) is 11.3 Å². The molecule has 4 nitrogen and oxygen atoms in total. The summed E-state index contributed by atoms with van der Waals surface area (Å²) in [4.78, 5) is 17.8.